The number of hydrogen-bond acceptors (Lipinski definition) is 7. The van der Waals surface area contributed by atoms with E-state index in [0.717, 1.165) is 24.5 Å². The monoisotopic (exact) mass is 490 g/mol. The second-order valence-corrected chi connectivity index (χ2v) is 8.85. The normalized spacial score (nSPS) is 25.2. The molecule has 0 aliphatic carbocycles. The van der Waals surface area contributed by atoms with Crippen LogP contribution in [0.25, 0.3) is 0 Å². The second kappa shape index (κ2) is 11.2. The van der Waals surface area contributed by atoms with Crippen LogP contribution in [0, 0.1) is 0 Å². The highest BCUT2D eigenvalue weighted by Gasteiger charge is 2.46. The molecule has 0 spiro atoms. The van der Waals surface area contributed by atoms with Crippen LogP contribution in [0.1, 0.15) is 0 Å². The van der Waals surface area contributed by atoms with Gasteiger partial charge in [0, 0.05) is 43.4 Å². The van der Waals surface area contributed by atoms with Crippen molar-refractivity contribution in [2.24, 2.45) is 0 Å². The Balaban J connectivity index is 1.37. The number of aliphatic hydroxyl groups is 2. The Hall–Kier alpha value is -2.56. The van der Waals surface area contributed by atoms with Gasteiger partial charge in [-0.3, -0.25) is 4.90 Å². The van der Waals surface area contributed by atoms with Gasteiger partial charge in [-0.15, -0.1) is 0 Å². The summed E-state index contributed by atoms with van der Waals surface area (Å²) in [6.07, 6.45) is -2.01. The molecule has 0 unspecified atom stereocenters. The van der Waals surface area contributed by atoms with Gasteiger partial charge in [-0.05, 0) is 30.3 Å². The Bertz CT molecular complexity index is 972. The van der Waals surface area contributed by atoms with E-state index in [1.54, 1.807) is 31.4 Å². The average Bonchev–Trinajstić information content (AvgIpc) is 3.18. The molecule has 2 saturated heterocycles. The lowest BCUT2D eigenvalue weighted by atomic mass is 10.0. The van der Waals surface area contributed by atoms with Gasteiger partial charge in [0.2, 0.25) is 0 Å². The molecule has 2 aromatic rings. The number of rotatable bonds is 7. The molecule has 0 saturated carbocycles. The number of carbonyl (C=O) groups excluding carboxylic acids is 1. The van der Waals surface area contributed by atoms with E-state index in [1.807, 2.05) is 24.3 Å². The maximum atomic E-state index is 12.4. The van der Waals surface area contributed by atoms with E-state index >= 15 is 0 Å². The SMILES string of the molecule is COc1ccccc1N1CCN([C@H]2[C@H](O)[C@H](CO)O[C@@H]2CNC(=O)Nc2cccc(Cl)c2)CC1. The lowest BCUT2D eigenvalue weighted by molar-refractivity contribution is -0.0205. The minimum atomic E-state index is -0.856. The molecular weight excluding hydrogens is 460 g/mol. The fourth-order valence-corrected chi connectivity index (χ4v) is 4.87. The van der Waals surface area contributed by atoms with Gasteiger partial charge >= 0.3 is 6.03 Å². The second-order valence-electron chi connectivity index (χ2n) is 8.42. The number of piperazine rings is 1. The highest BCUT2D eigenvalue weighted by atomic mass is 35.5. The van der Waals surface area contributed by atoms with Gasteiger partial charge in [0.05, 0.1) is 31.5 Å². The van der Waals surface area contributed by atoms with Crippen LogP contribution in [-0.4, -0.2) is 91.9 Å². The Morgan fingerprint density at radius 1 is 1.15 bits per heavy atom. The van der Waals surface area contributed by atoms with Gasteiger partial charge in [-0.25, -0.2) is 4.79 Å². The maximum Gasteiger partial charge on any atom is 0.319 e. The summed E-state index contributed by atoms with van der Waals surface area (Å²) in [5.74, 6) is 0.827. The molecule has 4 N–H and O–H groups in total. The Kier molecular flexibility index (Phi) is 8.12. The summed E-state index contributed by atoms with van der Waals surface area (Å²) in [5.41, 5.74) is 1.62. The number of methoxy groups -OCH3 is 1. The van der Waals surface area contributed by atoms with E-state index in [0.29, 0.717) is 23.8 Å². The van der Waals surface area contributed by atoms with Gasteiger partial charge in [0.15, 0.2) is 0 Å². The van der Waals surface area contributed by atoms with Crippen molar-refractivity contribution in [2.45, 2.75) is 24.4 Å². The van der Waals surface area contributed by atoms with Crippen LogP contribution in [0.3, 0.4) is 0 Å². The summed E-state index contributed by atoms with van der Waals surface area (Å²) in [7, 11) is 1.66. The van der Waals surface area contributed by atoms with Gasteiger partial charge in [-0.1, -0.05) is 29.8 Å². The Morgan fingerprint density at radius 2 is 1.91 bits per heavy atom. The van der Waals surface area contributed by atoms with E-state index in [1.165, 1.54) is 0 Å². The summed E-state index contributed by atoms with van der Waals surface area (Å²) in [6.45, 7) is 2.81. The number of para-hydroxylation sites is 2. The standard InChI is InChI=1S/C24H31ClN4O5/c1-33-19-8-3-2-7-18(19)28-9-11-29(12-10-28)22-20(34-21(15-30)23(22)31)14-26-24(32)27-17-6-4-5-16(25)13-17/h2-8,13,20-23,30-31H,9-12,14-15H2,1H3,(H2,26,27,32)/t20-,21+,22-,23-/m1/s1. The number of aliphatic hydroxyl groups excluding tert-OH is 2. The third-order valence-electron chi connectivity index (χ3n) is 6.35. The summed E-state index contributed by atoms with van der Waals surface area (Å²) >= 11 is 5.97. The van der Waals surface area contributed by atoms with Crippen LogP contribution in [0.4, 0.5) is 16.2 Å². The van der Waals surface area contributed by atoms with Crippen LogP contribution in [0.15, 0.2) is 48.5 Å². The molecule has 2 aromatic carbocycles. The Labute approximate surface area is 204 Å². The first-order valence-electron chi connectivity index (χ1n) is 11.4. The number of nitrogens with zero attached hydrogens (tertiary/aromatic N) is 2. The number of ether oxygens (including phenoxy) is 2. The first-order valence-corrected chi connectivity index (χ1v) is 11.7. The molecular formula is C24H31ClN4O5. The van der Waals surface area contributed by atoms with Crippen LogP contribution >= 0.6 is 11.6 Å². The molecule has 2 aliphatic rings. The number of anilines is 2. The number of benzene rings is 2. The molecule has 4 rings (SSSR count). The van der Waals surface area contributed by atoms with E-state index in [4.69, 9.17) is 21.1 Å². The van der Waals surface area contributed by atoms with Crippen LogP contribution in [-0.2, 0) is 4.74 Å². The molecule has 0 radical (unpaired) electrons. The quantitative estimate of drug-likeness (QED) is 0.468. The number of halogens is 1. The fourth-order valence-electron chi connectivity index (χ4n) is 4.68. The molecule has 0 bridgehead atoms. The van der Waals surface area contributed by atoms with Crippen molar-refractivity contribution < 1.29 is 24.5 Å². The number of nitrogens with one attached hydrogen (secondary N) is 2. The van der Waals surface area contributed by atoms with E-state index in [2.05, 4.69) is 20.4 Å². The van der Waals surface area contributed by atoms with Crippen LogP contribution in [0.2, 0.25) is 5.02 Å². The molecule has 2 amide bonds. The van der Waals surface area contributed by atoms with Gasteiger partial charge < -0.3 is 35.2 Å². The first-order chi connectivity index (χ1) is 16.5. The van der Waals surface area contributed by atoms with Gasteiger partial charge in [-0.2, -0.15) is 0 Å². The highest BCUT2D eigenvalue weighted by Crippen LogP contribution is 2.31. The average molecular weight is 491 g/mol. The first kappa shape index (κ1) is 24.6. The number of carbonyl (C=O) groups is 1. The summed E-state index contributed by atoms with van der Waals surface area (Å²) in [6, 6.07) is 14.0. The number of amides is 2. The van der Waals surface area contributed by atoms with Crippen molar-refractivity contribution in [1.82, 2.24) is 10.2 Å². The number of hydrogen-bond donors (Lipinski definition) is 4. The largest absolute Gasteiger partial charge is 0.495 e. The Morgan fingerprint density at radius 3 is 2.62 bits per heavy atom. The molecule has 9 nitrogen and oxygen atoms in total. The maximum absolute atomic E-state index is 12.4. The predicted octanol–water partition coefficient (Wildman–Crippen LogP) is 1.78. The third-order valence-corrected chi connectivity index (χ3v) is 6.58. The summed E-state index contributed by atoms with van der Waals surface area (Å²) in [5, 5.41) is 26.6. The smallest absolute Gasteiger partial charge is 0.319 e. The molecule has 184 valence electrons. The van der Waals surface area contributed by atoms with E-state index in [9.17, 15) is 15.0 Å². The van der Waals surface area contributed by atoms with Crippen LogP contribution < -0.4 is 20.3 Å². The lowest BCUT2D eigenvalue weighted by Crippen LogP contribution is -2.57. The van der Waals surface area contributed by atoms with Crippen molar-refractivity contribution in [3.63, 3.8) is 0 Å². The zero-order valence-electron chi connectivity index (χ0n) is 19.1. The van der Waals surface area contributed by atoms with Crippen LogP contribution in [0.5, 0.6) is 5.75 Å². The molecule has 2 heterocycles. The van der Waals surface area contributed by atoms with Crippen molar-refractivity contribution >= 4 is 29.0 Å². The van der Waals surface area contributed by atoms with E-state index in [-0.39, 0.29) is 19.2 Å². The van der Waals surface area contributed by atoms with Gasteiger partial charge in [0.25, 0.3) is 0 Å². The lowest BCUT2D eigenvalue weighted by Gasteiger charge is -2.41. The molecule has 0 aromatic heterocycles. The molecule has 10 heteroatoms. The zero-order valence-corrected chi connectivity index (χ0v) is 19.8. The number of urea groups is 1. The summed E-state index contributed by atoms with van der Waals surface area (Å²) in [4.78, 5) is 16.8. The summed E-state index contributed by atoms with van der Waals surface area (Å²) < 4.78 is 11.4. The molecule has 4 atom stereocenters. The van der Waals surface area contributed by atoms with Gasteiger partial charge in [0.1, 0.15) is 18.0 Å². The highest BCUT2D eigenvalue weighted by molar-refractivity contribution is 6.30. The van der Waals surface area contributed by atoms with Crippen molar-refractivity contribution in [1.29, 1.82) is 0 Å². The van der Waals surface area contributed by atoms with E-state index < -0.39 is 24.3 Å². The topological polar surface area (TPSA) is 107 Å². The fraction of sp³-hybridized carbons (Fsp3) is 0.458. The third kappa shape index (κ3) is 5.56. The minimum absolute atomic E-state index is 0.192. The van der Waals surface area contributed by atoms with Crippen molar-refractivity contribution in [3.05, 3.63) is 53.6 Å². The predicted molar refractivity (Wildman–Crippen MR) is 131 cm³/mol. The zero-order chi connectivity index (χ0) is 24.1. The molecule has 2 fully saturated rings. The minimum Gasteiger partial charge on any atom is -0.495 e. The van der Waals surface area contributed by atoms with Crippen molar-refractivity contribution in [3.8, 4) is 5.75 Å². The molecule has 34 heavy (non-hydrogen) atoms. The molecule has 2 aliphatic heterocycles. The van der Waals surface area contributed by atoms with Crippen molar-refractivity contribution in [2.75, 3.05) is 56.7 Å².